The Morgan fingerprint density at radius 3 is 2.41 bits per heavy atom. The Labute approximate surface area is 133 Å². The number of hydrogen-bond acceptors (Lipinski definition) is 3. The lowest BCUT2D eigenvalue weighted by molar-refractivity contribution is -0.142. The average Bonchev–Trinajstić information content (AvgIpc) is 3.02. The van der Waals surface area contributed by atoms with Crippen LogP contribution in [0.25, 0.3) is 0 Å². The molecule has 116 valence electrons. The van der Waals surface area contributed by atoms with E-state index in [1.54, 1.807) is 13.8 Å². The lowest BCUT2D eigenvalue weighted by Crippen LogP contribution is -2.49. The second kappa shape index (κ2) is 6.75. The Hall–Kier alpha value is -2.14. The maximum absolute atomic E-state index is 12.5. The SMILES string of the molecule is CC(C)(C(=O)NC(Cc1ccccc1)C(=O)O)c1cccs1. The summed E-state index contributed by atoms with van der Waals surface area (Å²) >= 11 is 1.49. The molecular formula is C17H19NO3S. The number of amides is 1. The summed E-state index contributed by atoms with van der Waals surface area (Å²) in [6, 6.07) is 12.1. The van der Waals surface area contributed by atoms with Crippen LogP contribution in [-0.2, 0) is 21.4 Å². The van der Waals surface area contributed by atoms with Crippen LogP contribution in [0.1, 0.15) is 24.3 Å². The molecule has 0 saturated carbocycles. The van der Waals surface area contributed by atoms with Crippen LogP contribution in [0.5, 0.6) is 0 Å². The normalized spacial score (nSPS) is 12.6. The Bertz CT molecular complexity index is 635. The number of carbonyl (C=O) groups excluding carboxylic acids is 1. The number of carbonyl (C=O) groups is 2. The highest BCUT2D eigenvalue weighted by atomic mass is 32.1. The van der Waals surface area contributed by atoms with Crippen molar-refractivity contribution in [3.8, 4) is 0 Å². The standard InChI is InChI=1S/C17H19NO3S/c1-17(2,14-9-6-10-22-14)16(21)18-13(15(19)20)11-12-7-4-3-5-8-12/h3-10,13H,11H2,1-2H3,(H,18,21)(H,19,20). The predicted molar refractivity (Wildman–Crippen MR) is 87.1 cm³/mol. The molecule has 1 amide bonds. The van der Waals surface area contributed by atoms with Gasteiger partial charge < -0.3 is 10.4 Å². The number of hydrogen-bond donors (Lipinski definition) is 2. The minimum Gasteiger partial charge on any atom is -0.480 e. The van der Waals surface area contributed by atoms with Crippen molar-refractivity contribution in [1.82, 2.24) is 5.32 Å². The number of carboxylic acids is 1. The van der Waals surface area contributed by atoms with Crippen LogP contribution in [-0.4, -0.2) is 23.0 Å². The van der Waals surface area contributed by atoms with E-state index in [4.69, 9.17) is 0 Å². The molecule has 5 heteroatoms. The van der Waals surface area contributed by atoms with Crippen molar-refractivity contribution in [2.45, 2.75) is 31.7 Å². The number of thiophene rings is 1. The van der Waals surface area contributed by atoms with Gasteiger partial charge >= 0.3 is 5.97 Å². The van der Waals surface area contributed by atoms with E-state index in [2.05, 4.69) is 5.32 Å². The van der Waals surface area contributed by atoms with Crippen molar-refractivity contribution >= 4 is 23.2 Å². The lowest BCUT2D eigenvalue weighted by atomic mass is 9.89. The molecule has 2 N–H and O–H groups in total. The zero-order valence-electron chi connectivity index (χ0n) is 12.6. The smallest absolute Gasteiger partial charge is 0.326 e. The van der Waals surface area contributed by atoms with Gasteiger partial charge in [-0.25, -0.2) is 4.79 Å². The zero-order valence-corrected chi connectivity index (χ0v) is 13.4. The highest BCUT2D eigenvalue weighted by Gasteiger charge is 2.33. The van der Waals surface area contributed by atoms with Gasteiger partial charge in [0.1, 0.15) is 6.04 Å². The van der Waals surface area contributed by atoms with Crippen molar-refractivity contribution in [2.24, 2.45) is 0 Å². The minimum atomic E-state index is -1.03. The molecule has 1 heterocycles. The summed E-state index contributed by atoms with van der Waals surface area (Å²) in [5, 5.41) is 13.9. The Morgan fingerprint density at radius 2 is 1.86 bits per heavy atom. The van der Waals surface area contributed by atoms with Gasteiger partial charge in [-0.3, -0.25) is 4.79 Å². The maximum atomic E-state index is 12.5. The molecule has 0 bridgehead atoms. The second-order valence-electron chi connectivity index (χ2n) is 5.66. The number of rotatable bonds is 6. The molecule has 0 aliphatic rings. The number of benzene rings is 1. The fourth-order valence-electron chi connectivity index (χ4n) is 2.13. The van der Waals surface area contributed by atoms with E-state index in [1.165, 1.54) is 11.3 Å². The Balaban J connectivity index is 2.11. The predicted octanol–water partition coefficient (Wildman–Crippen LogP) is 2.84. The average molecular weight is 317 g/mol. The summed E-state index contributed by atoms with van der Waals surface area (Å²) in [4.78, 5) is 24.9. The molecule has 0 aliphatic carbocycles. The maximum Gasteiger partial charge on any atom is 0.326 e. The van der Waals surface area contributed by atoms with Gasteiger partial charge in [-0.15, -0.1) is 11.3 Å². The van der Waals surface area contributed by atoms with Crippen LogP contribution in [0, 0.1) is 0 Å². The van der Waals surface area contributed by atoms with Crippen molar-refractivity contribution in [2.75, 3.05) is 0 Å². The van der Waals surface area contributed by atoms with Crippen LogP contribution in [0.15, 0.2) is 47.8 Å². The topological polar surface area (TPSA) is 66.4 Å². The van der Waals surface area contributed by atoms with E-state index in [0.717, 1.165) is 10.4 Å². The zero-order chi connectivity index (χ0) is 16.2. The van der Waals surface area contributed by atoms with E-state index in [1.807, 2.05) is 47.8 Å². The molecule has 1 unspecified atom stereocenters. The third kappa shape index (κ3) is 3.74. The van der Waals surface area contributed by atoms with Crippen LogP contribution in [0.4, 0.5) is 0 Å². The molecule has 4 nitrogen and oxygen atoms in total. The van der Waals surface area contributed by atoms with E-state index in [-0.39, 0.29) is 12.3 Å². The first-order chi connectivity index (χ1) is 10.4. The molecule has 0 fully saturated rings. The minimum absolute atomic E-state index is 0.266. The second-order valence-corrected chi connectivity index (χ2v) is 6.60. The molecule has 22 heavy (non-hydrogen) atoms. The van der Waals surface area contributed by atoms with E-state index in [9.17, 15) is 14.7 Å². The van der Waals surface area contributed by atoms with Crippen LogP contribution >= 0.6 is 11.3 Å². The van der Waals surface area contributed by atoms with Gasteiger partial charge in [-0.05, 0) is 30.9 Å². The van der Waals surface area contributed by atoms with Gasteiger partial charge in [0.25, 0.3) is 0 Å². The number of aliphatic carboxylic acids is 1. The lowest BCUT2D eigenvalue weighted by Gasteiger charge is -2.25. The summed E-state index contributed by atoms with van der Waals surface area (Å²) in [6.45, 7) is 3.60. The van der Waals surface area contributed by atoms with Crippen molar-refractivity contribution in [3.63, 3.8) is 0 Å². The Kier molecular flexibility index (Phi) is 4.98. The molecule has 0 spiro atoms. The fourth-order valence-corrected chi connectivity index (χ4v) is 2.98. The highest BCUT2D eigenvalue weighted by molar-refractivity contribution is 7.10. The number of nitrogens with one attached hydrogen (secondary N) is 1. The van der Waals surface area contributed by atoms with Gasteiger partial charge in [-0.1, -0.05) is 36.4 Å². The van der Waals surface area contributed by atoms with Crippen LogP contribution in [0.3, 0.4) is 0 Å². The van der Waals surface area contributed by atoms with E-state index < -0.39 is 17.4 Å². The molecule has 1 aromatic carbocycles. The molecule has 1 aromatic heterocycles. The van der Waals surface area contributed by atoms with Gasteiger partial charge in [-0.2, -0.15) is 0 Å². The molecule has 1 atom stereocenters. The molecular weight excluding hydrogens is 298 g/mol. The summed E-state index contributed by atoms with van der Waals surface area (Å²) in [5.41, 5.74) is 0.127. The largest absolute Gasteiger partial charge is 0.480 e. The van der Waals surface area contributed by atoms with Gasteiger partial charge in [0, 0.05) is 11.3 Å². The summed E-state index contributed by atoms with van der Waals surface area (Å²) < 4.78 is 0. The van der Waals surface area contributed by atoms with Gasteiger partial charge in [0.15, 0.2) is 0 Å². The molecule has 0 radical (unpaired) electrons. The van der Waals surface area contributed by atoms with Crippen molar-refractivity contribution in [3.05, 3.63) is 58.3 Å². The molecule has 2 aromatic rings. The van der Waals surface area contributed by atoms with Crippen LogP contribution in [0.2, 0.25) is 0 Å². The quantitative estimate of drug-likeness (QED) is 0.861. The fraction of sp³-hybridized carbons (Fsp3) is 0.294. The summed E-state index contributed by atoms with van der Waals surface area (Å²) in [6.07, 6.45) is 0.266. The van der Waals surface area contributed by atoms with E-state index >= 15 is 0 Å². The highest BCUT2D eigenvalue weighted by Crippen LogP contribution is 2.27. The van der Waals surface area contributed by atoms with Crippen molar-refractivity contribution < 1.29 is 14.7 Å². The van der Waals surface area contributed by atoms with Crippen LogP contribution < -0.4 is 5.32 Å². The van der Waals surface area contributed by atoms with Crippen molar-refractivity contribution in [1.29, 1.82) is 0 Å². The van der Waals surface area contributed by atoms with Gasteiger partial charge in [0.2, 0.25) is 5.91 Å². The first-order valence-corrected chi connectivity index (χ1v) is 7.91. The Morgan fingerprint density at radius 1 is 1.18 bits per heavy atom. The third-order valence-electron chi connectivity index (χ3n) is 3.59. The van der Waals surface area contributed by atoms with E-state index in [0.29, 0.717) is 0 Å². The number of carboxylic acid groups (broad SMARTS) is 1. The first kappa shape index (κ1) is 16.2. The van der Waals surface area contributed by atoms with Gasteiger partial charge in [0.05, 0.1) is 5.41 Å². The summed E-state index contributed by atoms with van der Waals surface area (Å²) in [5.74, 6) is -1.31. The molecule has 2 rings (SSSR count). The summed E-state index contributed by atoms with van der Waals surface area (Å²) in [7, 11) is 0. The molecule has 0 aliphatic heterocycles. The third-order valence-corrected chi connectivity index (χ3v) is 4.78. The monoisotopic (exact) mass is 317 g/mol. The molecule has 0 saturated heterocycles. The first-order valence-electron chi connectivity index (χ1n) is 7.03.